The van der Waals surface area contributed by atoms with Crippen LogP contribution < -0.4 is 0 Å². The van der Waals surface area contributed by atoms with Crippen molar-refractivity contribution in [3.05, 3.63) is 23.3 Å². The van der Waals surface area contributed by atoms with Crippen LogP contribution in [-0.2, 0) is 15.5 Å². The SMILES string of the molecule is CCc1ccc(S(=O)(=O)Cl)c(S)c1C#N. The van der Waals surface area contributed by atoms with E-state index in [1.54, 1.807) is 6.07 Å². The molecule has 0 amide bonds. The molecule has 3 nitrogen and oxygen atoms in total. The van der Waals surface area contributed by atoms with Gasteiger partial charge in [0, 0.05) is 15.6 Å². The van der Waals surface area contributed by atoms with Crippen LogP contribution in [0.2, 0.25) is 0 Å². The molecule has 1 aromatic rings. The van der Waals surface area contributed by atoms with Crippen LogP contribution in [-0.4, -0.2) is 8.42 Å². The molecule has 0 aliphatic carbocycles. The summed E-state index contributed by atoms with van der Waals surface area (Å²) in [7, 11) is 1.36. The molecule has 0 aliphatic heterocycles. The van der Waals surface area contributed by atoms with E-state index in [1.807, 2.05) is 13.0 Å². The van der Waals surface area contributed by atoms with Crippen molar-refractivity contribution in [2.45, 2.75) is 23.1 Å². The third-order valence-corrected chi connectivity index (χ3v) is 3.96. The third-order valence-electron chi connectivity index (χ3n) is 1.98. The molecular formula is C9H8ClNO2S2. The molecule has 1 aromatic carbocycles. The van der Waals surface area contributed by atoms with Gasteiger partial charge in [-0.3, -0.25) is 0 Å². The molecule has 0 unspecified atom stereocenters. The molecule has 0 saturated heterocycles. The molecule has 6 heteroatoms. The largest absolute Gasteiger partial charge is 0.262 e. The molecular weight excluding hydrogens is 254 g/mol. The van der Waals surface area contributed by atoms with Crippen molar-refractivity contribution in [3.63, 3.8) is 0 Å². The summed E-state index contributed by atoms with van der Waals surface area (Å²) in [6.45, 7) is 1.87. The van der Waals surface area contributed by atoms with Gasteiger partial charge >= 0.3 is 0 Å². The first-order valence-electron chi connectivity index (χ1n) is 4.11. The molecule has 0 aromatic heterocycles. The lowest BCUT2D eigenvalue weighted by Crippen LogP contribution is -1.98. The third kappa shape index (κ3) is 2.46. The molecule has 1 rings (SSSR count). The fourth-order valence-corrected chi connectivity index (χ4v) is 2.97. The summed E-state index contributed by atoms with van der Waals surface area (Å²) in [5.74, 6) is 0. The molecule has 0 atom stereocenters. The Hall–Kier alpha value is -0.700. The molecule has 0 N–H and O–H groups in total. The summed E-state index contributed by atoms with van der Waals surface area (Å²) in [5, 5.41) is 8.88. The molecule has 80 valence electrons. The van der Waals surface area contributed by atoms with E-state index in [-0.39, 0.29) is 15.4 Å². The van der Waals surface area contributed by atoms with Crippen molar-refractivity contribution in [2.75, 3.05) is 0 Å². The zero-order chi connectivity index (χ0) is 11.6. The second-order valence-electron chi connectivity index (χ2n) is 2.85. The average molecular weight is 262 g/mol. The maximum absolute atomic E-state index is 11.1. The van der Waals surface area contributed by atoms with Gasteiger partial charge in [-0.1, -0.05) is 13.0 Å². The zero-order valence-electron chi connectivity index (χ0n) is 7.86. The topological polar surface area (TPSA) is 57.9 Å². The van der Waals surface area contributed by atoms with Crippen LogP contribution in [0.15, 0.2) is 21.9 Å². The van der Waals surface area contributed by atoms with Gasteiger partial charge < -0.3 is 0 Å². The van der Waals surface area contributed by atoms with Gasteiger partial charge in [-0.2, -0.15) is 5.26 Å². The van der Waals surface area contributed by atoms with Crippen LogP contribution in [0.5, 0.6) is 0 Å². The molecule has 0 aliphatic rings. The van der Waals surface area contributed by atoms with Gasteiger partial charge in [0.2, 0.25) is 0 Å². The second-order valence-corrected chi connectivity index (χ2v) is 5.83. The van der Waals surface area contributed by atoms with E-state index in [0.717, 1.165) is 5.56 Å². The van der Waals surface area contributed by atoms with Crippen LogP contribution in [0.25, 0.3) is 0 Å². The zero-order valence-corrected chi connectivity index (χ0v) is 10.3. The Labute approximate surface area is 98.5 Å². The van der Waals surface area contributed by atoms with Gasteiger partial charge in [-0.05, 0) is 18.1 Å². The number of nitrogens with zero attached hydrogens (tertiary/aromatic N) is 1. The van der Waals surface area contributed by atoms with E-state index in [0.29, 0.717) is 6.42 Å². The fourth-order valence-electron chi connectivity index (χ4n) is 1.23. The minimum Gasteiger partial charge on any atom is -0.207 e. The first-order chi connectivity index (χ1) is 6.91. The molecule has 0 spiro atoms. The molecule has 0 fully saturated rings. The van der Waals surface area contributed by atoms with Crippen molar-refractivity contribution in [2.24, 2.45) is 0 Å². The van der Waals surface area contributed by atoms with E-state index in [1.165, 1.54) is 6.07 Å². The normalized spacial score (nSPS) is 11.1. The Morgan fingerprint density at radius 1 is 1.53 bits per heavy atom. The van der Waals surface area contributed by atoms with Crippen LogP contribution in [0, 0.1) is 11.3 Å². The highest BCUT2D eigenvalue weighted by atomic mass is 35.7. The lowest BCUT2D eigenvalue weighted by atomic mass is 10.1. The number of hydrogen-bond donors (Lipinski definition) is 1. The Balaban J connectivity index is 3.59. The molecule has 0 bridgehead atoms. The van der Waals surface area contributed by atoms with Gasteiger partial charge in [0.25, 0.3) is 9.05 Å². The van der Waals surface area contributed by atoms with Crippen LogP contribution in [0.1, 0.15) is 18.1 Å². The number of thiol groups is 1. The van der Waals surface area contributed by atoms with Gasteiger partial charge in [0.05, 0.1) is 10.5 Å². The predicted octanol–water partition coefficient (Wildman–Crippen LogP) is 2.34. The summed E-state index contributed by atoms with van der Waals surface area (Å²) in [6.07, 6.45) is 0.638. The smallest absolute Gasteiger partial charge is 0.207 e. The van der Waals surface area contributed by atoms with E-state index in [2.05, 4.69) is 12.6 Å². The first kappa shape index (κ1) is 12.4. The highest BCUT2D eigenvalue weighted by Gasteiger charge is 2.18. The van der Waals surface area contributed by atoms with Crippen molar-refractivity contribution >= 4 is 32.4 Å². The Bertz CT molecular complexity index is 532. The standard InChI is InChI=1S/C9H8ClNO2S2/c1-2-6-3-4-8(15(10,12)13)9(14)7(6)5-11/h3-4,14H,2H2,1H3. The highest BCUT2D eigenvalue weighted by molar-refractivity contribution is 8.14. The van der Waals surface area contributed by atoms with Crippen molar-refractivity contribution in [3.8, 4) is 6.07 Å². The lowest BCUT2D eigenvalue weighted by Gasteiger charge is -2.06. The van der Waals surface area contributed by atoms with Crippen LogP contribution in [0.3, 0.4) is 0 Å². The Kier molecular flexibility index (Phi) is 3.66. The quantitative estimate of drug-likeness (QED) is 0.657. The van der Waals surface area contributed by atoms with Gasteiger partial charge in [-0.25, -0.2) is 8.42 Å². The summed E-state index contributed by atoms with van der Waals surface area (Å²) >= 11 is 4.02. The van der Waals surface area contributed by atoms with Crippen molar-refractivity contribution < 1.29 is 8.42 Å². The maximum atomic E-state index is 11.1. The highest BCUT2D eigenvalue weighted by Crippen LogP contribution is 2.28. The number of benzene rings is 1. The molecule has 0 radical (unpaired) electrons. The maximum Gasteiger partial charge on any atom is 0.262 e. The summed E-state index contributed by atoms with van der Waals surface area (Å²) in [4.78, 5) is -0.00639. The van der Waals surface area contributed by atoms with Crippen LogP contribution >= 0.6 is 23.3 Å². The molecule has 15 heavy (non-hydrogen) atoms. The summed E-state index contributed by atoms with van der Waals surface area (Å²) < 4.78 is 22.3. The Morgan fingerprint density at radius 2 is 2.13 bits per heavy atom. The fraction of sp³-hybridized carbons (Fsp3) is 0.222. The number of rotatable bonds is 2. The van der Waals surface area contributed by atoms with Gasteiger partial charge in [0.1, 0.15) is 6.07 Å². The van der Waals surface area contributed by atoms with Crippen molar-refractivity contribution in [1.82, 2.24) is 0 Å². The van der Waals surface area contributed by atoms with E-state index in [4.69, 9.17) is 15.9 Å². The monoisotopic (exact) mass is 261 g/mol. The number of halogens is 1. The lowest BCUT2D eigenvalue weighted by molar-refractivity contribution is 0.607. The van der Waals surface area contributed by atoms with Crippen LogP contribution in [0.4, 0.5) is 0 Å². The molecule has 0 saturated carbocycles. The minimum atomic E-state index is -3.85. The molecule has 0 heterocycles. The van der Waals surface area contributed by atoms with E-state index < -0.39 is 9.05 Å². The van der Waals surface area contributed by atoms with Gasteiger partial charge in [0.15, 0.2) is 0 Å². The minimum absolute atomic E-state index is 0.117. The first-order valence-corrected chi connectivity index (χ1v) is 6.87. The number of aryl methyl sites for hydroxylation is 1. The van der Waals surface area contributed by atoms with E-state index in [9.17, 15) is 8.42 Å². The average Bonchev–Trinajstić information content (AvgIpc) is 2.15. The number of hydrogen-bond acceptors (Lipinski definition) is 4. The van der Waals surface area contributed by atoms with E-state index >= 15 is 0 Å². The Morgan fingerprint density at radius 3 is 2.53 bits per heavy atom. The van der Waals surface area contributed by atoms with Gasteiger partial charge in [-0.15, -0.1) is 12.6 Å². The summed E-state index contributed by atoms with van der Waals surface area (Å²) in [5.41, 5.74) is 1.02. The van der Waals surface area contributed by atoms with Crippen molar-refractivity contribution in [1.29, 1.82) is 5.26 Å². The second kappa shape index (κ2) is 4.44. The number of nitriles is 1. The summed E-state index contributed by atoms with van der Waals surface area (Å²) in [6, 6.07) is 4.87. The predicted molar refractivity (Wildman–Crippen MR) is 60.8 cm³/mol.